The average molecular weight is 491 g/mol. The van der Waals surface area contributed by atoms with Gasteiger partial charge in [-0.2, -0.15) is 0 Å². The van der Waals surface area contributed by atoms with E-state index in [-0.39, 0.29) is 12.1 Å². The van der Waals surface area contributed by atoms with E-state index in [0.717, 1.165) is 73.6 Å². The quantitative estimate of drug-likeness (QED) is 0.339. The number of phenols is 2. The molecule has 0 bridgehead atoms. The summed E-state index contributed by atoms with van der Waals surface area (Å²) < 4.78 is 0. The molecule has 1 aliphatic rings. The molecule has 36 heavy (non-hydrogen) atoms. The van der Waals surface area contributed by atoms with Gasteiger partial charge in [0.15, 0.2) is 0 Å². The second-order valence-electron chi connectivity index (χ2n) is 11.3. The minimum atomic E-state index is 0.0832. The van der Waals surface area contributed by atoms with Gasteiger partial charge in [-0.3, -0.25) is 9.98 Å². The molecule has 0 saturated heterocycles. The maximum atomic E-state index is 10.8. The highest BCUT2D eigenvalue weighted by Gasteiger charge is 2.24. The van der Waals surface area contributed by atoms with Crippen LogP contribution in [0.4, 0.5) is 0 Å². The number of hydrogen-bond donors (Lipinski definition) is 2. The Morgan fingerprint density at radius 2 is 1.11 bits per heavy atom. The van der Waals surface area contributed by atoms with Crippen molar-refractivity contribution >= 4 is 12.4 Å². The van der Waals surface area contributed by atoms with Crippen molar-refractivity contribution in [3.8, 4) is 11.5 Å². The molecule has 1 fully saturated rings. The van der Waals surface area contributed by atoms with Gasteiger partial charge in [0.1, 0.15) is 11.5 Å². The van der Waals surface area contributed by atoms with Crippen LogP contribution in [0.15, 0.2) is 34.3 Å². The molecule has 0 amide bonds. The molecule has 0 heterocycles. The van der Waals surface area contributed by atoms with E-state index in [1.54, 1.807) is 0 Å². The fourth-order valence-corrected chi connectivity index (χ4v) is 5.28. The van der Waals surface area contributed by atoms with E-state index in [1.807, 2.05) is 12.4 Å². The zero-order valence-corrected chi connectivity index (χ0v) is 23.2. The lowest BCUT2D eigenvalue weighted by Crippen LogP contribution is -2.27. The molecule has 1 saturated carbocycles. The van der Waals surface area contributed by atoms with E-state index >= 15 is 0 Å². The van der Waals surface area contributed by atoms with Crippen LogP contribution in [0.1, 0.15) is 101 Å². The number of rotatable bonds is 10. The van der Waals surface area contributed by atoms with Crippen LogP contribution in [0.5, 0.6) is 11.5 Å². The Balaban J connectivity index is 1.86. The van der Waals surface area contributed by atoms with Crippen LogP contribution >= 0.6 is 0 Å². The Kier molecular flexibility index (Phi) is 10.2. The van der Waals surface area contributed by atoms with Gasteiger partial charge in [-0.1, -0.05) is 66.5 Å². The zero-order chi connectivity index (χ0) is 26.2. The molecular formula is C32H46N2O2. The monoisotopic (exact) mass is 490 g/mol. The van der Waals surface area contributed by atoms with Crippen molar-refractivity contribution in [3.63, 3.8) is 0 Å². The molecule has 2 unspecified atom stereocenters. The number of aryl methyl sites for hydroxylation is 2. The highest BCUT2D eigenvalue weighted by molar-refractivity contribution is 5.85. The van der Waals surface area contributed by atoms with Crippen molar-refractivity contribution in [1.82, 2.24) is 0 Å². The summed E-state index contributed by atoms with van der Waals surface area (Å²) in [6, 6.07) is 8.60. The third kappa shape index (κ3) is 7.44. The molecule has 2 atom stereocenters. The smallest absolute Gasteiger partial charge is 0.127 e. The van der Waals surface area contributed by atoms with Crippen LogP contribution in [-0.4, -0.2) is 34.7 Å². The largest absolute Gasteiger partial charge is 0.507 e. The van der Waals surface area contributed by atoms with E-state index in [1.165, 1.54) is 11.1 Å². The highest BCUT2D eigenvalue weighted by atomic mass is 16.3. The maximum Gasteiger partial charge on any atom is 0.127 e. The lowest BCUT2D eigenvalue weighted by Gasteiger charge is -2.25. The van der Waals surface area contributed by atoms with E-state index in [4.69, 9.17) is 9.98 Å². The first kappa shape index (κ1) is 28.0. The summed E-state index contributed by atoms with van der Waals surface area (Å²) in [5.74, 6) is 1.82. The van der Waals surface area contributed by atoms with Gasteiger partial charge in [0.05, 0.1) is 12.1 Å². The number of benzene rings is 2. The topological polar surface area (TPSA) is 65.2 Å². The standard InChI is InChI=1S/C32H46N2O2/c1-7-25-15-23(13-21(3)4)17-27(31(25)35)19-33-29-11-9-10-12-30(29)34-20-28-18-24(14-22(5)6)16-26(8-2)32(28)36/h15-22,29-30,35-36H,7-14H2,1-6H3. The Bertz CT molecular complexity index is 983. The predicted octanol–water partition coefficient (Wildman–Crippen LogP) is 7.47. The van der Waals surface area contributed by atoms with E-state index in [0.29, 0.717) is 23.3 Å². The van der Waals surface area contributed by atoms with Crippen molar-refractivity contribution in [2.75, 3.05) is 0 Å². The molecular weight excluding hydrogens is 444 g/mol. The molecule has 196 valence electrons. The fraction of sp³-hybridized carbons (Fsp3) is 0.562. The maximum absolute atomic E-state index is 10.8. The van der Waals surface area contributed by atoms with Crippen LogP contribution in [0.3, 0.4) is 0 Å². The lowest BCUT2D eigenvalue weighted by atomic mass is 9.91. The van der Waals surface area contributed by atoms with Crippen molar-refractivity contribution in [1.29, 1.82) is 0 Å². The Morgan fingerprint density at radius 1 is 0.722 bits per heavy atom. The molecule has 4 nitrogen and oxygen atoms in total. The molecule has 1 aliphatic carbocycles. The predicted molar refractivity (Wildman–Crippen MR) is 153 cm³/mol. The first-order valence-electron chi connectivity index (χ1n) is 14.0. The lowest BCUT2D eigenvalue weighted by molar-refractivity contribution is 0.390. The van der Waals surface area contributed by atoms with E-state index in [9.17, 15) is 10.2 Å². The first-order chi connectivity index (χ1) is 17.2. The number of aliphatic imine (C=N–C) groups is 2. The first-order valence-corrected chi connectivity index (χ1v) is 14.0. The van der Waals surface area contributed by atoms with Gasteiger partial charge in [-0.25, -0.2) is 0 Å². The number of aromatic hydroxyl groups is 2. The second kappa shape index (κ2) is 13.1. The van der Waals surface area contributed by atoms with Crippen LogP contribution in [0.25, 0.3) is 0 Å². The molecule has 0 aliphatic heterocycles. The van der Waals surface area contributed by atoms with Crippen LogP contribution in [0.2, 0.25) is 0 Å². The second-order valence-corrected chi connectivity index (χ2v) is 11.3. The molecule has 2 aromatic rings. The molecule has 2 N–H and O–H groups in total. The molecule has 3 rings (SSSR count). The van der Waals surface area contributed by atoms with Gasteiger partial charge < -0.3 is 10.2 Å². The van der Waals surface area contributed by atoms with Gasteiger partial charge in [0, 0.05) is 23.6 Å². The van der Waals surface area contributed by atoms with Crippen molar-refractivity contribution in [2.24, 2.45) is 21.8 Å². The molecule has 0 spiro atoms. The fourth-order valence-electron chi connectivity index (χ4n) is 5.28. The molecule has 0 aromatic heterocycles. The summed E-state index contributed by atoms with van der Waals surface area (Å²) in [6.07, 6.45) is 11.6. The minimum absolute atomic E-state index is 0.0832. The highest BCUT2D eigenvalue weighted by Crippen LogP contribution is 2.29. The third-order valence-corrected chi connectivity index (χ3v) is 7.11. The summed E-state index contributed by atoms with van der Waals surface area (Å²) in [5, 5.41) is 21.6. The SMILES string of the molecule is CCc1cc(CC(C)C)cc(C=NC2CCCCC2N=Cc2cc(CC(C)C)cc(CC)c2O)c1O. The minimum Gasteiger partial charge on any atom is -0.507 e. The number of phenolic OH excluding ortho intramolecular Hbond substituents is 2. The summed E-state index contributed by atoms with van der Waals surface area (Å²) in [4.78, 5) is 9.91. The van der Waals surface area contributed by atoms with Gasteiger partial charge in [-0.05, 0) is 84.7 Å². The van der Waals surface area contributed by atoms with Crippen molar-refractivity contribution in [2.45, 2.75) is 105 Å². The summed E-state index contributed by atoms with van der Waals surface area (Å²) in [5.41, 5.74) is 6.09. The Morgan fingerprint density at radius 3 is 1.44 bits per heavy atom. The third-order valence-electron chi connectivity index (χ3n) is 7.11. The van der Waals surface area contributed by atoms with Gasteiger partial charge >= 0.3 is 0 Å². The molecule has 0 radical (unpaired) electrons. The Hall–Kier alpha value is -2.62. The Labute approximate surface area is 218 Å². The number of hydrogen-bond acceptors (Lipinski definition) is 4. The summed E-state index contributed by atoms with van der Waals surface area (Å²) >= 11 is 0. The van der Waals surface area contributed by atoms with Crippen molar-refractivity contribution < 1.29 is 10.2 Å². The van der Waals surface area contributed by atoms with Crippen LogP contribution in [-0.2, 0) is 25.7 Å². The average Bonchev–Trinajstić information content (AvgIpc) is 2.84. The summed E-state index contributed by atoms with van der Waals surface area (Å²) in [7, 11) is 0. The molecule has 4 heteroatoms. The van der Waals surface area contributed by atoms with Gasteiger partial charge in [0.25, 0.3) is 0 Å². The van der Waals surface area contributed by atoms with Crippen LogP contribution in [0, 0.1) is 11.8 Å². The van der Waals surface area contributed by atoms with E-state index in [2.05, 4.69) is 65.8 Å². The van der Waals surface area contributed by atoms with Crippen LogP contribution < -0.4 is 0 Å². The number of nitrogens with zero attached hydrogens (tertiary/aromatic N) is 2. The summed E-state index contributed by atoms with van der Waals surface area (Å²) in [6.45, 7) is 13.0. The van der Waals surface area contributed by atoms with Gasteiger partial charge in [0.2, 0.25) is 0 Å². The van der Waals surface area contributed by atoms with Gasteiger partial charge in [-0.15, -0.1) is 0 Å². The zero-order valence-electron chi connectivity index (χ0n) is 23.2. The molecule has 2 aromatic carbocycles. The van der Waals surface area contributed by atoms with E-state index < -0.39 is 0 Å². The normalized spacial score (nSPS) is 18.8. The van der Waals surface area contributed by atoms with Crippen molar-refractivity contribution in [3.05, 3.63) is 57.6 Å².